The Balaban J connectivity index is 1.73. The summed E-state index contributed by atoms with van der Waals surface area (Å²) in [6.45, 7) is 0. The van der Waals surface area contributed by atoms with E-state index in [0.717, 1.165) is 23.3 Å². The fraction of sp³-hybridized carbons (Fsp3) is 0.0385. The summed E-state index contributed by atoms with van der Waals surface area (Å²) in [5.74, 6) is 0. The van der Waals surface area contributed by atoms with E-state index in [1.54, 1.807) is 0 Å². The SMILES string of the molecule is C1=CC=C(c2cn3cc(-c4ccccc4)cc(-c4ccccc4)c3n2)CC=C1. The van der Waals surface area contributed by atoms with E-state index in [9.17, 15) is 0 Å². The van der Waals surface area contributed by atoms with Gasteiger partial charge in [0.25, 0.3) is 0 Å². The van der Waals surface area contributed by atoms with Gasteiger partial charge < -0.3 is 4.40 Å². The van der Waals surface area contributed by atoms with Crippen LogP contribution < -0.4 is 0 Å². The molecule has 4 aromatic rings. The fourth-order valence-electron chi connectivity index (χ4n) is 3.64. The molecule has 0 amide bonds. The Labute approximate surface area is 164 Å². The molecule has 0 saturated heterocycles. The van der Waals surface area contributed by atoms with Crippen molar-refractivity contribution in [1.82, 2.24) is 9.38 Å². The van der Waals surface area contributed by atoms with Crippen LogP contribution in [0, 0.1) is 0 Å². The summed E-state index contributed by atoms with van der Waals surface area (Å²) in [5.41, 5.74) is 7.96. The van der Waals surface area contributed by atoms with Crippen LogP contribution >= 0.6 is 0 Å². The summed E-state index contributed by atoms with van der Waals surface area (Å²) < 4.78 is 2.17. The highest BCUT2D eigenvalue weighted by atomic mass is 15.0. The number of pyridine rings is 1. The summed E-state index contributed by atoms with van der Waals surface area (Å²) in [4.78, 5) is 5.02. The lowest BCUT2D eigenvalue weighted by Gasteiger charge is -2.09. The number of hydrogen-bond acceptors (Lipinski definition) is 1. The number of imidazole rings is 1. The molecule has 0 unspecified atom stereocenters. The molecule has 0 saturated carbocycles. The van der Waals surface area contributed by atoms with Crippen molar-refractivity contribution in [2.45, 2.75) is 6.42 Å². The Morgan fingerprint density at radius 1 is 0.714 bits per heavy atom. The van der Waals surface area contributed by atoms with Crippen LogP contribution in [0.2, 0.25) is 0 Å². The van der Waals surface area contributed by atoms with Gasteiger partial charge in [0, 0.05) is 18.0 Å². The molecule has 0 spiro atoms. The van der Waals surface area contributed by atoms with Gasteiger partial charge in [-0.2, -0.15) is 0 Å². The maximum absolute atomic E-state index is 5.02. The van der Waals surface area contributed by atoms with Gasteiger partial charge >= 0.3 is 0 Å². The predicted molar refractivity (Wildman–Crippen MR) is 117 cm³/mol. The minimum Gasteiger partial charge on any atom is -0.305 e. The van der Waals surface area contributed by atoms with Crippen LogP contribution in [0.25, 0.3) is 33.5 Å². The Morgan fingerprint density at radius 3 is 2.25 bits per heavy atom. The van der Waals surface area contributed by atoms with Crippen LogP contribution in [-0.4, -0.2) is 9.38 Å². The third-order valence-corrected chi connectivity index (χ3v) is 5.07. The second-order valence-corrected chi connectivity index (χ2v) is 6.94. The highest BCUT2D eigenvalue weighted by Gasteiger charge is 2.13. The molecule has 2 aromatic heterocycles. The first-order valence-electron chi connectivity index (χ1n) is 9.55. The van der Waals surface area contributed by atoms with Crippen molar-refractivity contribution in [1.29, 1.82) is 0 Å². The number of benzene rings is 2. The topological polar surface area (TPSA) is 17.3 Å². The molecule has 2 heteroatoms. The fourth-order valence-corrected chi connectivity index (χ4v) is 3.64. The van der Waals surface area contributed by atoms with Crippen molar-refractivity contribution in [2.24, 2.45) is 0 Å². The summed E-state index contributed by atoms with van der Waals surface area (Å²) in [5, 5.41) is 0. The Hall–Kier alpha value is -3.65. The third kappa shape index (κ3) is 3.10. The molecule has 0 aliphatic heterocycles. The zero-order valence-corrected chi connectivity index (χ0v) is 15.5. The number of hydrogen-bond donors (Lipinski definition) is 0. The van der Waals surface area contributed by atoms with Crippen LogP contribution in [0.15, 0.2) is 110 Å². The van der Waals surface area contributed by atoms with Crippen LogP contribution in [-0.2, 0) is 0 Å². The number of aromatic nitrogens is 2. The van der Waals surface area contributed by atoms with Gasteiger partial charge in [-0.3, -0.25) is 0 Å². The molecule has 1 aliphatic carbocycles. The monoisotopic (exact) mass is 360 g/mol. The van der Waals surface area contributed by atoms with Crippen LogP contribution in [0.3, 0.4) is 0 Å². The molecule has 2 aromatic carbocycles. The Morgan fingerprint density at radius 2 is 1.46 bits per heavy atom. The van der Waals surface area contributed by atoms with Crippen molar-refractivity contribution in [3.05, 3.63) is 115 Å². The first-order chi connectivity index (χ1) is 13.9. The van der Waals surface area contributed by atoms with E-state index in [2.05, 4.69) is 108 Å². The molecule has 0 radical (unpaired) electrons. The number of rotatable bonds is 3. The first kappa shape index (κ1) is 16.5. The molecule has 134 valence electrons. The van der Waals surface area contributed by atoms with Crippen molar-refractivity contribution in [3.63, 3.8) is 0 Å². The van der Waals surface area contributed by atoms with Gasteiger partial charge in [0.1, 0.15) is 5.65 Å². The van der Waals surface area contributed by atoms with Gasteiger partial charge in [-0.15, -0.1) is 0 Å². The molecule has 1 aliphatic rings. The smallest absolute Gasteiger partial charge is 0.145 e. The lowest BCUT2D eigenvalue weighted by Crippen LogP contribution is -1.91. The highest BCUT2D eigenvalue weighted by Crippen LogP contribution is 2.31. The van der Waals surface area contributed by atoms with Gasteiger partial charge in [0.2, 0.25) is 0 Å². The average molecular weight is 360 g/mol. The summed E-state index contributed by atoms with van der Waals surface area (Å²) in [7, 11) is 0. The van der Waals surface area contributed by atoms with E-state index in [1.807, 2.05) is 6.07 Å². The zero-order valence-electron chi connectivity index (χ0n) is 15.5. The third-order valence-electron chi connectivity index (χ3n) is 5.07. The summed E-state index contributed by atoms with van der Waals surface area (Å²) in [6.07, 6.45) is 15.8. The second-order valence-electron chi connectivity index (χ2n) is 6.94. The maximum Gasteiger partial charge on any atom is 0.145 e. The highest BCUT2D eigenvalue weighted by molar-refractivity contribution is 5.84. The van der Waals surface area contributed by atoms with Gasteiger partial charge in [0.15, 0.2) is 0 Å². The molecule has 0 atom stereocenters. The normalized spacial score (nSPS) is 13.5. The average Bonchev–Trinajstić information content (AvgIpc) is 3.00. The molecular weight excluding hydrogens is 340 g/mol. The molecule has 2 heterocycles. The van der Waals surface area contributed by atoms with Gasteiger partial charge in [-0.05, 0) is 34.8 Å². The standard InChI is InChI=1S/C26H20N2/c1-2-6-16-22(15-5-1)25-19-28-18-23(20-11-7-3-8-12-20)17-24(26(28)27-25)21-13-9-4-10-14-21/h1-15,17-19H,16H2. The number of fused-ring (bicyclic) bond motifs is 1. The van der Waals surface area contributed by atoms with E-state index < -0.39 is 0 Å². The minimum atomic E-state index is 0.892. The maximum atomic E-state index is 5.02. The first-order valence-corrected chi connectivity index (χ1v) is 9.55. The van der Waals surface area contributed by atoms with E-state index in [1.165, 1.54) is 22.3 Å². The zero-order chi connectivity index (χ0) is 18.8. The Bertz CT molecular complexity index is 1210. The lowest BCUT2D eigenvalue weighted by molar-refractivity contribution is 1.19. The molecule has 5 rings (SSSR count). The van der Waals surface area contributed by atoms with Gasteiger partial charge in [-0.1, -0.05) is 91.0 Å². The molecule has 28 heavy (non-hydrogen) atoms. The van der Waals surface area contributed by atoms with Crippen LogP contribution in [0.5, 0.6) is 0 Å². The molecule has 0 fully saturated rings. The minimum absolute atomic E-state index is 0.892. The number of allylic oxidation sites excluding steroid dienone is 6. The second kappa shape index (κ2) is 7.16. The van der Waals surface area contributed by atoms with Crippen molar-refractivity contribution < 1.29 is 0 Å². The van der Waals surface area contributed by atoms with Crippen molar-refractivity contribution >= 4 is 11.2 Å². The van der Waals surface area contributed by atoms with E-state index in [0.29, 0.717) is 0 Å². The van der Waals surface area contributed by atoms with Crippen LogP contribution in [0.4, 0.5) is 0 Å². The number of nitrogens with zero attached hydrogens (tertiary/aromatic N) is 2. The van der Waals surface area contributed by atoms with Crippen LogP contribution in [0.1, 0.15) is 12.1 Å². The molecule has 0 bridgehead atoms. The van der Waals surface area contributed by atoms with Gasteiger partial charge in [-0.25, -0.2) is 4.98 Å². The van der Waals surface area contributed by atoms with Crippen molar-refractivity contribution in [2.75, 3.05) is 0 Å². The summed E-state index contributed by atoms with van der Waals surface area (Å²) >= 11 is 0. The van der Waals surface area contributed by atoms with Gasteiger partial charge in [0.05, 0.1) is 5.69 Å². The summed E-state index contributed by atoms with van der Waals surface area (Å²) in [6, 6.07) is 23.3. The molecule has 0 N–H and O–H groups in total. The predicted octanol–water partition coefficient (Wildman–Crippen LogP) is 6.57. The van der Waals surface area contributed by atoms with E-state index >= 15 is 0 Å². The van der Waals surface area contributed by atoms with E-state index in [-0.39, 0.29) is 0 Å². The lowest BCUT2D eigenvalue weighted by atomic mass is 10.0. The molecular formula is C26H20N2. The molecule has 2 nitrogen and oxygen atoms in total. The Kier molecular flexibility index (Phi) is 4.23. The quantitative estimate of drug-likeness (QED) is 0.404. The van der Waals surface area contributed by atoms with E-state index in [4.69, 9.17) is 4.98 Å². The van der Waals surface area contributed by atoms with Crippen molar-refractivity contribution in [3.8, 4) is 22.3 Å². The largest absolute Gasteiger partial charge is 0.305 e.